The van der Waals surface area contributed by atoms with Crippen LogP contribution in [-0.2, 0) is 11.2 Å². The van der Waals surface area contributed by atoms with Crippen LogP contribution in [0.1, 0.15) is 18.4 Å². The van der Waals surface area contributed by atoms with Gasteiger partial charge in [0.05, 0.1) is 0 Å². The van der Waals surface area contributed by atoms with Gasteiger partial charge in [-0.05, 0) is 37.0 Å². The van der Waals surface area contributed by atoms with Gasteiger partial charge in [-0.25, -0.2) is 14.2 Å². The van der Waals surface area contributed by atoms with Crippen LogP contribution < -0.4 is 10.9 Å². The van der Waals surface area contributed by atoms with Crippen molar-refractivity contribution in [1.29, 1.82) is 0 Å². The fourth-order valence-corrected chi connectivity index (χ4v) is 1.92. The number of benzene rings is 1. The first-order chi connectivity index (χ1) is 8.56. The molecule has 1 aliphatic rings. The number of carbonyl (C=O) groups excluding carboxylic acids is 1. The van der Waals surface area contributed by atoms with E-state index in [1.165, 1.54) is 6.07 Å². The van der Waals surface area contributed by atoms with Gasteiger partial charge in [0.1, 0.15) is 6.10 Å². The number of aryl methyl sites for hydroxylation is 1. The van der Waals surface area contributed by atoms with Gasteiger partial charge in [-0.1, -0.05) is 6.07 Å². The van der Waals surface area contributed by atoms with Crippen LogP contribution >= 0.6 is 0 Å². The lowest BCUT2D eigenvalue weighted by Gasteiger charge is -2.27. The summed E-state index contributed by atoms with van der Waals surface area (Å²) in [6, 6.07) is 3.70. The molecule has 1 aromatic carbocycles. The minimum absolute atomic E-state index is 0.0779. The Labute approximate surface area is 103 Å². The second-order valence-corrected chi connectivity index (χ2v) is 4.37. The predicted octanol–water partition coefficient (Wildman–Crippen LogP) is 0.651. The van der Waals surface area contributed by atoms with E-state index in [9.17, 15) is 18.7 Å². The Balaban J connectivity index is 1.88. The van der Waals surface area contributed by atoms with Gasteiger partial charge in [0.15, 0.2) is 11.6 Å². The maximum Gasteiger partial charge on any atom is 0.262 e. The molecule has 0 aromatic heterocycles. The van der Waals surface area contributed by atoms with E-state index in [1.54, 1.807) is 0 Å². The first kappa shape index (κ1) is 12.9. The number of hydrogen-bond donors (Lipinski definition) is 3. The molecule has 0 aliphatic carbocycles. The molecule has 1 heterocycles. The zero-order chi connectivity index (χ0) is 13.1. The van der Waals surface area contributed by atoms with Crippen molar-refractivity contribution in [3.63, 3.8) is 0 Å². The smallest absolute Gasteiger partial charge is 0.262 e. The highest BCUT2D eigenvalue weighted by atomic mass is 19.2. The summed E-state index contributed by atoms with van der Waals surface area (Å²) in [4.78, 5) is 11.0. The second kappa shape index (κ2) is 5.41. The van der Waals surface area contributed by atoms with Crippen molar-refractivity contribution in [3.05, 3.63) is 35.4 Å². The van der Waals surface area contributed by atoms with Gasteiger partial charge in [-0.2, -0.15) is 0 Å². The standard InChI is InChI=1S/C12H14F2N2O2/c13-9-4-2-7(5-10(9)14)1-3-8-6-11(17)12(18)16-15-8/h2,4-5,8,11,15,17H,1,3,6H2,(H,16,18). The van der Waals surface area contributed by atoms with E-state index >= 15 is 0 Å². The second-order valence-electron chi connectivity index (χ2n) is 4.37. The molecular formula is C12H14F2N2O2. The topological polar surface area (TPSA) is 61.4 Å². The summed E-state index contributed by atoms with van der Waals surface area (Å²) < 4.78 is 25.7. The van der Waals surface area contributed by atoms with Crippen molar-refractivity contribution in [3.8, 4) is 0 Å². The summed E-state index contributed by atoms with van der Waals surface area (Å²) >= 11 is 0. The quantitative estimate of drug-likeness (QED) is 0.744. The van der Waals surface area contributed by atoms with Crippen LogP contribution in [0.15, 0.2) is 18.2 Å². The molecule has 3 N–H and O–H groups in total. The Kier molecular flexibility index (Phi) is 3.88. The number of carbonyl (C=O) groups is 1. The van der Waals surface area contributed by atoms with Crippen molar-refractivity contribution in [2.24, 2.45) is 0 Å². The number of rotatable bonds is 3. The van der Waals surface area contributed by atoms with E-state index < -0.39 is 23.6 Å². The number of aliphatic hydroxyl groups is 1. The molecule has 18 heavy (non-hydrogen) atoms. The Morgan fingerprint density at radius 2 is 2.11 bits per heavy atom. The van der Waals surface area contributed by atoms with Crippen LogP contribution in [0.3, 0.4) is 0 Å². The highest BCUT2D eigenvalue weighted by Crippen LogP contribution is 2.14. The fraction of sp³-hybridized carbons (Fsp3) is 0.417. The first-order valence-corrected chi connectivity index (χ1v) is 5.73. The molecule has 6 heteroatoms. The Morgan fingerprint density at radius 3 is 2.78 bits per heavy atom. The third kappa shape index (κ3) is 3.02. The molecule has 4 nitrogen and oxygen atoms in total. The Hall–Kier alpha value is -1.53. The monoisotopic (exact) mass is 256 g/mol. The van der Waals surface area contributed by atoms with E-state index in [0.29, 0.717) is 24.8 Å². The van der Waals surface area contributed by atoms with Crippen molar-refractivity contribution in [2.45, 2.75) is 31.4 Å². The lowest BCUT2D eigenvalue weighted by Crippen LogP contribution is -2.55. The first-order valence-electron chi connectivity index (χ1n) is 5.73. The van der Waals surface area contributed by atoms with E-state index in [1.807, 2.05) is 0 Å². The van der Waals surface area contributed by atoms with Gasteiger partial charge in [0.25, 0.3) is 5.91 Å². The summed E-state index contributed by atoms with van der Waals surface area (Å²) in [5.74, 6) is -2.17. The summed E-state index contributed by atoms with van der Waals surface area (Å²) in [5, 5.41) is 9.36. The normalized spacial score (nSPS) is 23.8. The van der Waals surface area contributed by atoms with E-state index in [2.05, 4.69) is 10.9 Å². The molecule has 1 aromatic rings. The summed E-state index contributed by atoms with van der Waals surface area (Å²) in [6.45, 7) is 0. The largest absolute Gasteiger partial charge is 0.383 e. The number of aliphatic hydroxyl groups excluding tert-OH is 1. The summed E-state index contributed by atoms with van der Waals surface area (Å²) in [7, 11) is 0. The lowest BCUT2D eigenvalue weighted by molar-refractivity contribution is -0.134. The average Bonchev–Trinajstić information content (AvgIpc) is 2.35. The molecule has 0 spiro atoms. The Morgan fingerprint density at radius 1 is 1.33 bits per heavy atom. The molecule has 1 saturated heterocycles. The zero-order valence-electron chi connectivity index (χ0n) is 9.62. The highest BCUT2D eigenvalue weighted by Gasteiger charge is 2.25. The molecular weight excluding hydrogens is 242 g/mol. The van der Waals surface area contributed by atoms with Gasteiger partial charge in [-0.15, -0.1) is 0 Å². The van der Waals surface area contributed by atoms with Crippen LogP contribution in [0.4, 0.5) is 8.78 Å². The molecule has 1 fully saturated rings. The molecule has 2 rings (SSSR count). The maximum atomic E-state index is 13.0. The van der Waals surface area contributed by atoms with E-state index in [4.69, 9.17) is 0 Å². The van der Waals surface area contributed by atoms with Crippen LogP contribution in [0.2, 0.25) is 0 Å². The number of hydrazine groups is 1. The van der Waals surface area contributed by atoms with Crippen molar-refractivity contribution >= 4 is 5.91 Å². The SMILES string of the molecule is O=C1NNC(CCc2ccc(F)c(F)c2)CC1O. The number of amides is 1. The molecule has 2 unspecified atom stereocenters. The molecule has 1 aliphatic heterocycles. The van der Waals surface area contributed by atoms with Crippen LogP contribution in [0.25, 0.3) is 0 Å². The van der Waals surface area contributed by atoms with E-state index in [0.717, 1.165) is 12.1 Å². The van der Waals surface area contributed by atoms with Crippen molar-refractivity contribution in [2.75, 3.05) is 0 Å². The van der Waals surface area contributed by atoms with E-state index in [-0.39, 0.29) is 6.04 Å². The highest BCUT2D eigenvalue weighted by molar-refractivity contribution is 5.80. The average molecular weight is 256 g/mol. The molecule has 2 atom stereocenters. The molecule has 98 valence electrons. The third-order valence-electron chi connectivity index (χ3n) is 2.98. The maximum absolute atomic E-state index is 13.0. The van der Waals surface area contributed by atoms with Crippen LogP contribution in [0, 0.1) is 11.6 Å². The van der Waals surface area contributed by atoms with Crippen molar-refractivity contribution < 1.29 is 18.7 Å². The number of nitrogens with one attached hydrogen (secondary N) is 2. The molecule has 0 saturated carbocycles. The molecule has 0 bridgehead atoms. The van der Waals surface area contributed by atoms with Gasteiger partial charge < -0.3 is 5.11 Å². The molecule has 0 radical (unpaired) electrons. The van der Waals surface area contributed by atoms with Crippen LogP contribution in [0.5, 0.6) is 0 Å². The summed E-state index contributed by atoms with van der Waals surface area (Å²) in [5.41, 5.74) is 5.82. The predicted molar refractivity (Wildman–Crippen MR) is 60.4 cm³/mol. The lowest BCUT2D eigenvalue weighted by atomic mass is 9.99. The Bertz CT molecular complexity index is 454. The van der Waals surface area contributed by atoms with Gasteiger partial charge >= 0.3 is 0 Å². The minimum atomic E-state index is -1.01. The molecule has 1 amide bonds. The number of halogens is 2. The van der Waals surface area contributed by atoms with Gasteiger partial charge in [0.2, 0.25) is 0 Å². The summed E-state index contributed by atoms with van der Waals surface area (Å²) in [6.07, 6.45) is 0.455. The minimum Gasteiger partial charge on any atom is -0.383 e. The van der Waals surface area contributed by atoms with Gasteiger partial charge in [0, 0.05) is 6.04 Å². The zero-order valence-corrected chi connectivity index (χ0v) is 9.62. The number of hydrogen-bond acceptors (Lipinski definition) is 3. The fourth-order valence-electron chi connectivity index (χ4n) is 1.92. The van der Waals surface area contributed by atoms with Gasteiger partial charge in [-0.3, -0.25) is 10.2 Å². The third-order valence-corrected chi connectivity index (χ3v) is 2.98. The van der Waals surface area contributed by atoms with Crippen molar-refractivity contribution in [1.82, 2.24) is 10.9 Å². The van der Waals surface area contributed by atoms with Crippen LogP contribution in [-0.4, -0.2) is 23.2 Å².